The first-order chi connectivity index (χ1) is 14.5. The number of amides is 2. The minimum absolute atomic E-state index is 0.0811. The van der Waals surface area contributed by atoms with E-state index in [2.05, 4.69) is 5.32 Å². The van der Waals surface area contributed by atoms with Crippen LogP contribution in [0.25, 0.3) is 0 Å². The van der Waals surface area contributed by atoms with Crippen LogP contribution in [-0.2, 0) is 4.79 Å². The third-order valence-corrected chi connectivity index (χ3v) is 6.15. The maximum absolute atomic E-state index is 12.5. The molecule has 0 unspecified atom stereocenters. The van der Waals surface area contributed by atoms with Gasteiger partial charge in [-0.1, -0.05) is 30.3 Å². The van der Waals surface area contributed by atoms with E-state index in [1.54, 1.807) is 43.1 Å². The predicted molar refractivity (Wildman–Crippen MR) is 121 cm³/mol. The molecule has 30 heavy (non-hydrogen) atoms. The first-order valence-electron chi connectivity index (χ1n) is 9.61. The summed E-state index contributed by atoms with van der Waals surface area (Å²) in [5.74, 6) is 0.990. The van der Waals surface area contributed by atoms with Gasteiger partial charge in [0.2, 0.25) is 5.91 Å². The molecule has 1 N–H and O–H groups in total. The molecule has 0 aliphatic carbocycles. The second-order valence-corrected chi connectivity index (χ2v) is 8.14. The summed E-state index contributed by atoms with van der Waals surface area (Å²) >= 11 is 1.61. The Morgan fingerprint density at radius 1 is 1.07 bits per heavy atom. The second kappa shape index (κ2) is 8.63. The average Bonchev–Trinajstić information content (AvgIpc) is 3.15. The Morgan fingerprint density at radius 3 is 2.57 bits per heavy atom. The molecule has 1 aliphatic heterocycles. The van der Waals surface area contributed by atoms with Gasteiger partial charge < -0.3 is 10.1 Å². The van der Waals surface area contributed by atoms with Crippen molar-refractivity contribution in [2.24, 2.45) is 0 Å². The van der Waals surface area contributed by atoms with Crippen LogP contribution in [-0.4, -0.2) is 24.7 Å². The van der Waals surface area contributed by atoms with Gasteiger partial charge in [-0.25, -0.2) is 0 Å². The largest absolute Gasteiger partial charge is 0.497 e. The summed E-state index contributed by atoms with van der Waals surface area (Å²) in [4.78, 5) is 26.9. The van der Waals surface area contributed by atoms with Crippen molar-refractivity contribution in [3.63, 3.8) is 0 Å². The van der Waals surface area contributed by atoms with Crippen LogP contribution in [0, 0.1) is 6.92 Å². The van der Waals surface area contributed by atoms with Crippen LogP contribution in [0.4, 0.5) is 11.4 Å². The maximum atomic E-state index is 12.5. The monoisotopic (exact) mass is 418 g/mol. The topological polar surface area (TPSA) is 58.6 Å². The number of hydrogen-bond acceptors (Lipinski definition) is 4. The number of carbonyl (C=O) groups excluding carboxylic acids is 2. The average molecular weight is 419 g/mol. The van der Waals surface area contributed by atoms with Crippen molar-refractivity contribution in [2.45, 2.75) is 12.3 Å². The number of nitrogens with zero attached hydrogens (tertiary/aromatic N) is 1. The van der Waals surface area contributed by atoms with Gasteiger partial charge >= 0.3 is 0 Å². The van der Waals surface area contributed by atoms with E-state index in [4.69, 9.17) is 4.74 Å². The van der Waals surface area contributed by atoms with E-state index < -0.39 is 0 Å². The lowest BCUT2D eigenvalue weighted by Crippen LogP contribution is -2.27. The molecule has 152 valence electrons. The summed E-state index contributed by atoms with van der Waals surface area (Å²) in [6.45, 7) is 2.02. The summed E-state index contributed by atoms with van der Waals surface area (Å²) in [6, 6.07) is 22.7. The molecule has 3 aromatic carbocycles. The number of methoxy groups -OCH3 is 1. The highest BCUT2D eigenvalue weighted by Gasteiger charge is 2.34. The van der Waals surface area contributed by atoms with E-state index in [9.17, 15) is 9.59 Å². The number of rotatable bonds is 5. The molecule has 0 aromatic heterocycles. The fraction of sp³-hybridized carbons (Fsp3) is 0.167. The fourth-order valence-electron chi connectivity index (χ4n) is 3.43. The fourth-order valence-corrected chi connectivity index (χ4v) is 4.60. The van der Waals surface area contributed by atoms with Crippen molar-refractivity contribution in [3.8, 4) is 5.75 Å². The van der Waals surface area contributed by atoms with Gasteiger partial charge in [0.1, 0.15) is 11.1 Å². The summed E-state index contributed by atoms with van der Waals surface area (Å²) in [7, 11) is 1.57. The van der Waals surface area contributed by atoms with Crippen LogP contribution in [0.5, 0.6) is 5.75 Å². The van der Waals surface area contributed by atoms with Crippen LogP contribution < -0.4 is 15.0 Å². The molecule has 3 aromatic rings. The molecule has 4 rings (SSSR count). The molecule has 6 heteroatoms. The van der Waals surface area contributed by atoms with Crippen LogP contribution in [0.15, 0.2) is 72.8 Å². The molecule has 1 heterocycles. The highest BCUT2D eigenvalue weighted by atomic mass is 32.2. The molecule has 1 fully saturated rings. The standard InChI is InChI=1S/C24H22N2O3S/c1-16-5-3-7-20(13-16)26-22(27)15-30-24(26)17-9-11-19(12-10-17)25-23(28)18-6-4-8-21(14-18)29-2/h3-14,24H,15H2,1-2H3,(H,25,28)/t24-/m0/s1. The van der Waals surface area contributed by atoms with Gasteiger partial charge in [0, 0.05) is 16.9 Å². The van der Waals surface area contributed by atoms with Crippen molar-refractivity contribution in [2.75, 3.05) is 23.1 Å². The molecular formula is C24H22N2O3S. The van der Waals surface area contributed by atoms with Gasteiger partial charge in [-0.3, -0.25) is 14.5 Å². The number of benzene rings is 3. The minimum Gasteiger partial charge on any atom is -0.497 e. The normalized spacial score (nSPS) is 15.9. The lowest BCUT2D eigenvalue weighted by molar-refractivity contribution is -0.115. The minimum atomic E-state index is -0.201. The van der Waals surface area contributed by atoms with E-state index in [0.29, 0.717) is 22.8 Å². The molecule has 2 amide bonds. The van der Waals surface area contributed by atoms with E-state index in [1.807, 2.05) is 60.4 Å². The van der Waals surface area contributed by atoms with E-state index in [1.165, 1.54) is 0 Å². The van der Waals surface area contributed by atoms with Gasteiger partial charge in [0.25, 0.3) is 5.91 Å². The first kappa shape index (κ1) is 20.0. The van der Waals surface area contributed by atoms with E-state index in [-0.39, 0.29) is 17.2 Å². The zero-order valence-corrected chi connectivity index (χ0v) is 17.6. The number of nitrogens with one attached hydrogen (secondary N) is 1. The Bertz CT molecular complexity index is 1080. The van der Waals surface area contributed by atoms with Crippen molar-refractivity contribution >= 4 is 35.0 Å². The van der Waals surface area contributed by atoms with Crippen LogP contribution >= 0.6 is 11.8 Å². The van der Waals surface area contributed by atoms with Crippen molar-refractivity contribution in [3.05, 3.63) is 89.5 Å². The Balaban J connectivity index is 1.51. The summed E-state index contributed by atoms with van der Waals surface area (Å²) in [5.41, 5.74) is 4.27. The van der Waals surface area contributed by atoms with Crippen molar-refractivity contribution in [1.82, 2.24) is 0 Å². The Labute approximate surface area is 180 Å². The molecule has 0 saturated carbocycles. The van der Waals surface area contributed by atoms with Gasteiger partial charge in [-0.15, -0.1) is 11.8 Å². The number of anilines is 2. The van der Waals surface area contributed by atoms with Gasteiger partial charge in [-0.2, -0.15) is 0 Å². The number of aryl methyl sites for hydroxylation is 1. The lowest BCUT2D eigenvalue weighted by Gasteiger charge is -2.25. The SMILES string of the molecule is COc1cccc(C(=O)Nc2ccc([C@@H]3SCC(=O)N3c3cccc(C)c3)cc2)c1. The summed E-state index contributed by atoms with van der Waals surface area (Å²) in [5, 5.41) is 2.82. The van der Waals surface area contributed by atoms with Gasteiger partial charge in [0.05, 0.1) is 12.9 Å². The maximum Gasteiger partial charge on any atom is 0.255 e. The van der Waals surface area contributed by atoms with E-state index >= 15 is 0 Å². The zero-order valence-electron chi connectivity index (χ0n) is 16.8. The van der Waals surface area contributed by atoms with Crippen LogP contribution in [0.2, 0.25) is 0 Å². The van der Waals surface area contributed by atoms with Crippen LogP contribution in [0.1, 0.15) is 26.9 Å². The Morgan fingerprint density at radius 2 is 1.83 bits per heavy atom. The molecule has 0 spiro atoms. The van der Waals surface area contributed by atoms with Crippen LogP contribution in [0.3, 0.4) is 0 Å². The Kier molecular flexibility index (Phi) is 5.77. The van der Waals surface area contributed by atoms with Gasteiger partial charge in [-0.05, 0) is 60.5 Å². The molecule has 1 aliphatic rings. The number of hydrogen-bond donors (Lipinski definition) is 1. The molecule has 0 radical (unpaired) electrons. The molecule has 1 saturated heterocycles. The third kappa shape index (κ3) is 4.19. The highest BCUT2D eigenvalue weighted by Crippen LogP contribution is 2.42. The summed E-state index contributed by atoms with van der Waals surface area (Å²) < 4.78 is 5.18. The summed E-state index contributed by atoms with van der Waals surface area (Å²) in [6.07, 6.45) is 0. The molecule has 5 nitrogen and oxygen atoms in total. The molecular weight excluding hydrogens is 396 g/mol. The Hall–Kier alpha value is -3.25. The second-order valence-electron chi connectivity index (χ2n) is 7.07. The van der Waals surface area contributed by atoms with Gasteiger partial charge in [0.15, 0.2) is 0 Å². The lowest BCUT2D eigenvalue weighted by atomic mass is 10.1. The third-order valence-electron chi connectivity index (χ3n) is 4.93. The number of carbonyl (C=O) groups is 2. The van der Waals surface area contributed by atoms with E-state index in [0.717, 1.165) is 16.8 Å². The smallest absolute Gasteiger partial charge is 0.255 e. The quantitative estimate of drug-likeness (QED) is 0.631. The number of ether oxygens (including phenoxy) is 1. The predicted octanol–water partition coefficient (Wildman–Crippen LogP) is 5.03. The van der Waals surface area contributed by atoms with Crippen molar-refractivity contribution in [1.29, 1.82) is 0 Å². The molecule has 1 atom stereocenters. The zero-order chi connectivity index (χ0) is 21.1. The van der Waals surface area contributed by atoms with Crippen molar-refractivity contribution < 1.29 is 14.3 Å². The number of thioether (sulfide) groups is 1. The molecule has 0 bridgehead atoms. The first-order valence-corrected chi connectivity index (χ1v) is 10.7. The highest BCUT2D eigenvalue weighted by molar-refractivity contribution is 8.00.